The minimum atomic E-state index is -0.0935. The Kier molecular flexibility index (Phi) is 4.59. The number of likely N-dealkylation sites (tertiary alicyclic amines) is 1. The number of urea groups is 1. The summed E-state index contributed by atoms with van der Waals surface area (Å²) >= 11 is 0. The fourth-order valence-corrected chi connectivity index (χ4v) is 3.99. The van der Waals surface area contributed by atoms with E-state index in [-0.39, 0.29) is 18.0 Å². The van der Waals surface area contributed by atoms with Crippen LogP contribution in [0.15, 0.2) is 30.3 Å². The fraction of sp³-hybridized carbons (Fsp3) is 0.450. The van der Waals surface area contributed by atoms with Gasteiger partial charge in [-0.2, -0.15) is 5.10 Å². The Labute approximate surface area is 158 Å². The lowest BCUT2D eigenvalue weighted by molar-refractivity contribution is -0.117. The zero-order chi connectivity index (χ0) is 19.0. The van der Waals surface area contributed by atoms with Crippen molar-refractivity contribution in [2.45, 2.75) is 39.2 Å². The number of nitrogens with one attached hydrogen (secondary N) is 1. The third-order valence-electron chi connectivity index (χ3n) is 5.34. The molecular formula is C20H25N5O2. The molecule has 2 fully saturated rings. The van der Waals surface area contributed by atoms with Crippen LogP contribution in [0.3, 0.4) is 0 Å². The van der Waals surface area contributed by atoms with Crippen molar-refractivity contribution in [3.8, 4) is 0 Å². The van der Waals surface area contributed by atoms with Gasteiger partial charge in [-0.1, -0.05) is 0 Å². The van der Waals surface area contributed by atoms with Gasteiger partial charge in [0.15, 0.2) is 0 Å². The monoisotopic (exact) mass is 367 g/mol. The van der Waals surface area contributed by atoms with Gasteiger partial charge < -0.3 is 15.1 Å². The molecule has 142 valence electrons. The van der Waals surface area contributed by atoms with Crippen LogP contribution in [0.25, 0.3) is 0 Å². The van der Waals surface area contributed by atoms with Crippen molar-refractivity contribution in [3.63, 3.8) is 0 Å². The summed E-state index contributed by atoms with van der Waals surface area (Å²) in [7, 11) is 0. The standard InChI is InChI=1S/C20H25N5O2/c1-14-12-15(2)25(22-14)18-9-11-23(13-18)20(27)21-16-5-7-17(8-6-16)24-10-3-4-19(24)26/h5-8,12,18H,3-4,9-11,13H2,1-2H3,(H,21,27). The Bertz CT molecular complexity index is 858. The van der Waals surface area contributed by atoms with Gasteiger partial charge in [0.1, 0.15) is 0 Å². The number of carbonyl (C=O) groups is 2. The number of hydrogen-bond acceptors (Lipinski definition) is 3. The predicted molar refractivity (Wildman–Crippen MR) is 104 cm³/mol. The molecule has 1 atom stereocenters. The predicted octanol–water partition coefficient (Wildman–Crippen LogP) is 3.11. The number of rotatable bonds is 3. The second-order valence-electron chi connectivity index (χ2n) is 7.39. The van der Waals surface area contributed by atoms with Gasteiger partial charge in [-0.15, -0.1) is 0 Å². The van der Waals surface area contributed by atoms with Gasteiger partial charge in [0.2, 0.25) is 5.91 Å². The first-order valence-electron chi connectivity index (χ1n) is 9.50. The van der Waals surface area contributed by atoms with E-state index < -0.39 is 0 Å². The van der Waals surface area contributed by atoms with Crippen molar-refractivity contribution in [1.29, 1.82) is 0 Å². The summed E-state index contributed by atoms with van der Waals surface area (Å²) in [5, 5.41) is 7.51. The molecule has 0 spiro atoms. The lowest BCUT2D eigenvalue weighted by atomic mass is 10.2. The second-order valence-corrected chi connectivity index (χ2v) is 7.39. The van der Waals surface area contributed by atoms with Gasteiger partial charge in [-0.25, -0.2) is 4.79 Å². The van der Waals surface area contributed by atoms with E-state index in [0.29, 0.717) is 13.0 Å². The van der Waals surface area contributed by atoms with Crippen LogP contribution < -0.4 is 10.2 Å². The maximum absolute atomic E-state index is 12.6. The summed E-state index contributed by atoms with van der Waals surface area (Å²) in [6.45, 7) is 6.19. The molecule has 1 N–H and O–H groups in total. The van der Waals surface area contributed by atoms with Crippen molar-refractivity contribution in [2.75, 3.05) is 29.9 Å². The van der Waals surface area contributed by atoms with Crippen LogP contribution >= 0.6 is 0 Å². The Morgan fingerprint density at radius 1 is 1.19 bits per heavy atom. The Morgan fingerprint density at radius 3 is 2.59 bits per heavy atom. The minimum absolute atomic E-state index is 0.0935. The molecule has 2 aliphatic rings. The highest BCUT2D eigenvalue weighted by atomic mass is 16.2. The van der Waals surface area contributed by atoms with E-state index in [1.54, 1.807) is 4.90 Å². The number of carbonyl (C=O) groups excluding carboxylic acids is 2. The molecule has 3 heterocycles. The Hall–Kier alpha value is -2.83. The number of hydrogen-bond donors (Lipinski definition) is 1. The molecule has 1 aromatic heterocycles. The maximum atomic E-state index is 12.6. The molecule has 0 aliphatic carbocycles. The van der Waals surface area contributed by atoms with Gasteiger partial charge in [-0.3, -0.25) is 9.48 Å². The van der Waals surface area contributed by atoms with E-state index in [0.717, 1.165) is 48.7 Å². The maximum Gasteiger partial charge on any atom is 0.321 e. The fourth-order valence-electron chi connectivity index (χ4n) is 3.99. The average Bonchev–Trinajstić information content (AvgIpc) is 3.36. The van der Waals surface area contributed by atoms with Crippen LogP contribution in [0.2, 0.25) is 0 Å². The van der Waals surface area contributed by atoms with E-state index in [9.17, 15) is 9.59 Å². The van der Waals surface area contributed by atoms with Gasteiger partial charge >= 0.3 is 6.03 Å². The van der Waals surface area contributed by atoms with Crippen LogP contribution in [0.5, 0.6) is 0 Å². The zero-order valence-corrected chi connectivity index (χ0v) is 15.8. The molecule has 27 heavy (non-hydrogen) atoms. The van der Waals surface area contributed by atoms with Crippen LogP contribution in [-0.2, 0) is 4.79 Å². The van der Waals surface area contributed by atoms with Crippen molar-refractivity contribution in [3.05, 3.63) is 41.7 Å². The van der Waals surface area contributed by atoms with Crippen molar-refractivity contribution >= 4 is 23.3 Å². The smallest absolute Gasteiger partial charge is 0.321 e. The molecule has 2 saturated heterocycles. The van der Waals surface area contributed by atoms with Crippen LogP contribution in [-0.4, -0.2) is 46.3 Å². The number of benzene rings is 1. The Balaban J connectivity index is 1.37. The third kappa shape index (κ3) is 3.54. The molecule has 1 aromatic carbocycles. The molecular weight excluding hydrogens is 342 g/mol. The summed E-state index contributed by atoms with van der Waals surface area (Å²) in [6.07, 6.45) is 2.43. The minimum Gasteiger partial charge on any atom is -0.322 e. The summed E-state index contributed by atoms with van der Waals surface area (Å²) in [6, 6.07) is 9.69. The Morgan fingerprint density at radius 2 is 1.96 bits per heavy atom. The van der Waals surface area contributed by atoms with Crippen LogP contribution in [0, 0.1) is 13.8 Å². The third-order valence-corrected chi connectivity index (χ3v) is 5.34. The quantitative estimate of drug-likeness (QED) is 0.906. The van der Waals surface area contributed by atoms with Crippen molar-refractivity contribution in [2.24, 2.45) is 0 Å². The van der Waals surface area contributed by atoms with E-state index in [1.807, 2.05) is 40.8 Å². The first-order chi connectivity index (χ1) is 13.0. The zero-order valence-electron chi connectivity index (χ0n) is 15.8. The van der Waals surface area contributed by atoms with Crippen molar-refractivity contribution in [1.82, 2.24) is 14.7 Å². The van der Waals surface area contributed by atoms with Crippen LogP contribution in [0.1, 0.15) is 36.7 Å². The molecule has 2 aliphatic heterocycles. The van der Waals surface area contributed by atoms with Crippen LogP contribution in [0.4, 0.5) is 16.2 Å². The number of nitrogens with zero attached hydrogens (tertiary/aromatic N) is 4. The van der Waals surface area contributed by atoms with Gasteiger partial charge in [0, 0.05) is 43.1 Å². The number of anilines is 2. The molecule has 4 rings (SSSR count). The largest absolute Gasteiger partial charge is 0.322 e. The van der Waals surface area contributed by atoms with E-state index in [1.165, 1.54) is 0 Å². The number of aromatic nitrogens is 2. The number of aryl methyl sites for hydroxylation is 2. The highest BCUT2D eigenvalue weighted by Crippen LogP contribution is 2.25. The first-order valence-corrected chi connectivity index (χ1v) is 9.50. The molecule has 0 bridgehead atoms. The van der Waals surface area contributed by atoms with E-state index in [2.05, 4.69) is 23.4 Å². The molecule has 0 radical (unpaired) electrons. The normalized spacial score (nSPS) is 19.8. The number of amides is 3. The second kappa shape index (κ2) is 7.06. The van der Waals surface area contributed by atoms with Crippen molar-refractivity contribution < 1.29 is 9.59 Å². The van der Waals surface area contributed by atoms with Gasteiger partial charge in [0.05, 0.1) is 11.7 Å². The molecule has 7 nitrogen and oxygen atoms in total. The topological polar surface area (TPSA) is 70.5 Å². The molecule has 7 heteroatoms. The average molecular weight is 367 g/mol. The molecule has 0 saturated carbocycles. The highest BCUT2D eigenvalue weighted by molar-refractivity contribution is 5.96. The van der Waals surface area contributed by atoms with Gasteiger partial charge in [0.25, 0.3) is 0 Å². The lowest BCUT2D eigenvalue weighted by Gasteiger charge is -2.19. The van der Waals surface area contributed by atoms with E-state index >= 15 is 0 Å². The lowest BCUT2D eigenvalue weighted by Crippen LogP contribution is -2.33. The molecule has 2 aromatic rings. The summed E-state index contributed by atoms with van der Waals surface area (Å²) < 4.78 is 2.03. The SMILES string of the molecule is Cc1cc(C)n(C2CCN(C(=O)Nc3ccc(N4CCCC4=O)cc3)C2)n1. The summed E-state index contributed by atoms with van der Waals surface area (Å²) in [5.41, 5.74) is 3.77. The first kappa shape index (κ1) is 17.6. The highest BCUT2D eigenvalue weighted by Gasteiger charge is 2.29. The van der Waals surface area contributed by atoms with Gasteiger partial charge in [-0.05, 0) is 57.0 Å². The molecule has 1 unspecified atom stereocenters. The molecule has 3 amide bonds. The summed E-state index contributed by atoms with van der Waals surface area (Å²) in [4.78, 5) is 28.1. The summed E-state index contributed by atoms with van der Waals surface area (Å²) in [5.74, 6) is 0.166. The van der Waals surface area contributed by atoms with E-state index in [4.69, 9.17) is 0 Å².